The molecule has 0 aliphatic rings. The SMILES string of the molecule is CCOc1cc(/C=C(\C#N)c2nc3ccccc3[nH]2)ccc1OCc1cccc2ccccc12. The zero-order valence-corrected chi connectivity index (χ0v) is 18.8. The van der Waals surface area contributed by atoms with Crippen molar-refractivity contribution in [3.63, 3.8) is 0 Å². The molecule has 0 saturated carbocycles. The number of ether oxygens (including phenoxy) is 2. The first-order valence-electron chi connectivity index (χ1n) is 11.2. The molecule has 0 bridgehead atoms. The number of hydrogen-bond donors (Lipinski definition) is 1. The first-order chi connectivity index (χ1) is 16.7. The van der Waals surface area contributed by atoms with Gasteiger partial charge in [-0.15, -0.1) is 0 Å². The lowest BCUT2D eigenvalue weighted by molar-refractivity contribution is 0.270. The summed E-state index contributed by atoms with van der Waals surface area (Å²) in [4.78, 5) is 7.76. The number of benzene rings is 4. The van der Waals surface area contributed by atoms with Crippen LogP contribution in [0.15, 0.2) is 84.9 Å². The second-order valence-corrected chi connectivity index (χ2v) is 7.84. The van der Waals surface area contributed by atoms with Crippen molar-refractivity contribution < 1.29 is 9.47 Å². The van der Waals surface area contributed by atoms with E-state index in [-0.39, 0.29) is 0 Å². The number of allylic oxidation sites excluding steroid dienone is 1. The molecular formula is C29H23N3O2. The van der Waals surface area contributed by atoms with Gasteiger partial charge in [0.15, 0.2) is 11.5 Å². The maximum atomic E-state index is 9.76. The highest BCUT2D eigenvalue weighted by molar-refractivity contribution is 5.90. The van der Waals surface area contributed by atoms with E-state index in [9.17, 15) is 5.26 Å². The summed E-state index contributed by atoms with van der Waals surface area (Å²) in [6.45, 7) is 2.87. The molecule has 0 unspecified atom stereocenters. The Hall–Kier alpha value is -4.56. The molecule has 5 aromatic rings. The molecule has 4 aromatic carbocycles. The summed E-state index contributed by atoms with van der Waals surface area (Å²) < 4.78 is 12.0. The van der Waals surface area contributed by atoms with E-state index in [2.05, 4.69) is 40.3 Å². The van der Waals surface area contributed by atoms with E-state index in [1.165, 1.54) is 10.8 Å². The number of hydrogen-bond acceptors (Lipinski definition) is 4. The first kappa shape index (κ1) is 21.3. The van der Waals surface area contributed by atoms with Crippen molar-refractivity contribution in [1.82, 2.24) is 9.97 Å². The van der Waals surface area contributed by atoms with Crippen LogP contribution < -0.4 is 9.47 Å². The van der Waals surface area contributed by atoms with Gasteiger partial charge in [0, 0.05) is 0 Å². The Balaban J connectivity index is 1.42. The van der Waals surface area contributed by atoms with Crippen LogP contribution in [0.2, 0.25) is 0 Å². The van der Waals surface area contributed by atoms with Crippen LogP contribution in [0.1, 0.15) is 23.9 Å². The van der Waals surface area contributed by atoms with Gasteiger partial charge in [0.05, 0.1) is 23.2 Å². The summed E-state index contributed by atoms with van der Waals surface area (Å²) in [5.41, 5.74) is 4.11. The fourth-order valence-corrected chi connectivity index (χ4v) is 3.98. The average Bonchev–Trinajstić information content (AvgIpc) is 3.31. The van der Waals surface area contributed by atoms with Crippen molar-refractivity contribution >= 4 is 33.5 Å². The van der Waals surface area contributed by atoms with Crippen molar-refractivity contribution in [2.24, 2.45) is 0 Å². The highest BCUT2D eigenvalue weighted by Crippen LogP contribution is 2.31. The fourth-order valence-electron chi connectivity index (χ4n) is 3.98. The molecule has 0 radical (unpaired) electrons. The number of fused-ring (bicyclic) bond motifs is 2. The number of aromatic amines is 1. The molecule has 0 spiro atoms. The number of rotatable bonds is 7. The van der Waals surface area contributed by atoms with E-state index < -0.39 is 0 Å². The molecule has 1 aromatic heterocycles. The van der Waals surface area contributed by atoms with Crippen LogP contribution in [0, 0.1) is 11.3 Å². The molecule has 166 valence electrons. The predicted octanol–water partition coefficient (Wildman–Crippen LogP) is 6.76. The molecule has 0 aliphatic carbocycles. The van der Waals surface area contributed by atoms with Crippen molar-refractivity contribution in [3.8, 4) is 17.6 Å². The van der Waals surface area contributed by atoms with Crippen LogP contribution in [0.5, 0.6) is 11.5 Å². The van der Waals surface area contributed by atoms with Crippen LogP contribution in [0.3, 0.4) is 0 Å². The van der Waals surface area contributed by atoms with Crippen LogP contribution in [0.25, 0.3) is 33.5 Å². The van der Waals surface area contributed by atoms with Crippen molar-refractivity contribution in [1.29, 1.82) is 5.26 Å². The molecule has 0 saturated heterocycles. The normalized spacial score (nSPS) is 11.5. The average molecular weight is 446 g/mol. The molecule has 5 nitrogen and oxygen atoms in total. The molecule has 0 fully saturated rings. The van der Waals surface area contributed by atoms with E-state index in [1.54, 1.807) is 6.08 Å². The van der Waals surface area contributed by atoms with Gasteiger partial charge in [-0.25, -0.2) is 4.98 Å². The van der Waals surface area contributed by atoms with Gasteiger partial charge in [-0.3, -0.25) is 0 Å². The number of imidazole rings is 1. The van der Waals surface area contributed by atoms with Crippen LogP contribution >= 0.6 is 0 Å². The van der Waals surface area contributed by atoms with Gasteiger partial charge in [-0.1, -0.05) is 60.7 Å². The molecule has 5 rings (SSSR count). The topological polar surface area (TPSA) is 70.9 Å². The minimum atomic E-state index is 0.430. The van der Waals surface area contributed by atoms with E-state index in [4.69, 9.17) is 9.47 Å². The Kier molecular flexibility index (Phi) is 5.96. The lowest BCUT2D eigenvalue weighted by Gasteiger charge is -2.14. The number of nitriles is 1. The summed E-state index contributed by atoms with van der Waals surface area (Å²) in [5, 5.41) is 12.1. The lowest BCUT2D eigenvalue weighted by atomic mass is 10.1. The van der Waals surface area contributed by atoms with Crippen LogP contribution in [0.4, 0.5) is 0 Å². The van der Waals surface area contributed by atoms with E-state index in [1.807, 2.05) is 67.6 Å². The summed E-state index contributed by atoms with van der Waals surface area (Å²) in [5.74, 6) is 1.84. The van der Waals surface area contributed by atoms with Crippen molar-refractivity contribution in [3.05, 3.63) is 102 Å². The Labute approximate surface area is 197 Å². The van der Waals surface area contributed by atoms with Gasteiger partial charge in [0.1, 0.15) is 18.5 Å². The molecule has 0 atom stereocenters. The monoisotopic (exact) mass is 445 g/mol. The molecule has 0 aliphatic heterocycles. The van der Waals surface area contributed by atoms with E-state index in [0.29, 0.717) is 36.1 Å². The van der Waals surface area contributed by atoms with Gasteiger partial charge >= 0.3 is 0 Å². The zero-order chi connectivity index (χ0) is 23.3. The Bertz CT molecular complexity index is 1500. The summed E-state index contributed by atoms with van der Waals surface area (Å²) in [7, 11) is 0. The first-order valence-corrected chi connectivity index (χ1v) is 11.2. The van der Waals surface area contributed by atoms with Crippen LogP contribution in [-0.4, -0.2) is 16.6 Å². The molecule has 5 heteroatoms. The van der Waals surface area contributed by atoms with Crippen molar-refractivity contribution in [2.75, 3.05) is 6.61 Å². The Morgan fingerprint density at radius 2 is 1.76 bits per heavy atom. The van der Waals surface area contributed by atoms with Gasteiger partial charge in [0.25, 0.3) is 0 Å². The maximum Gasteiger partial charge on any atom is 0.161 e. The van der Waals surface area contributed by atoms with E-state index in [0.717, 1.165) is 22.2 Å². The Morgan fingerprint density at radius 1 is 0.941 bits per heavy atom. The quantitative estimate of drug-likeness (QED) is 0.281. The largest absolute Gasteiger partial charge is 0.490 e. The van der Waals surface area contributed by atoms with Crippen LogP contribution in [-0.2, 0) is 6.61 Å². The van der Waals surface area contributed by atoms with Gasteiger partial charge in [-0.2, -0.15) is 5.26 Å². The highest BCUT2D eigenvalue weighted by atomic mass is 16.5. The van der Waals surface area contributed by atoms with E-state index >= 15 is 0 Å². The second kappa shape index (κ2) is 9.51. The molecule has 1 N–H and O–H groups in total. The minimum Gasteiger partial charge on any atom is -0.490 e. The highest BCUT2D eigenvalue weighted by Gasteiger charge is 2.11. The fraction of sp³-hybridized carbons (Fsp3) is 0.103. The standard InChI is InChI=1S/C29H23N3O2/c1-2-33-28-17-20(16-23(18-30)29-31-25-12-5-6-13-26(25)32-29)14-15-27(28)34-19-22-10-7-9-21-8-3-4-11-24(21)22/h3-17H,2,19H2,1H3,(H,31,32)/b23-16+. The third kappa shape index (κ3) is 4.35. The predicted molar refractivity (Wildman–Crippen MR) is 135 cm³/mol. The Morgan fingerprint density at radius 3 is 2.62 bits per heavy atom. The third-order valence-electron chi connectivity index (χ3n) is 5.61. The minimum absolute atomic E-state index is 0.430. The molecule has 0 amide bonds. The van der Waals surface area contributed by atoms with Gasteiger partial charge in [-0.05, 0) is 59.2 Å². The summed E-state index contributed by atoms with van der Waals surface area (Å²) >= 11 is 0. The number of H-pyrrole nitrogens is 1. The zero-order valence-electron chi connectivity index (χ0n) is 18.8. The molecular weight excluding hydrogens is 422 g/mol. The number of nitrogens with zero attached hydrogens (tertiary/aromatic N) is 2. The number of aromatic nitrogens is 2. The van der Waals surface area contributed by atoms with Gasteiger partial charge in [0.2, 0.25) is 0 Å². The van der Waals surface area contributed by atoms with Gasteiger partial charge < -0.3 is 14.5 Å². The molecule has 1 heterocycles. The molecule has 34 heavy (non-hydrogen) atoms. The number of para-hydroxylation sites is 2. The third-order valence-corrected chi connectivity index (χ3v) is 5.61. The lowest BCUT2D eigenvalue weighted by Crippen LogP contribution is -2.00. The maximum absolute atomic E-state index is 9.76. The summed E-state index contributed by atoms with van der Waals surface area (Å²) in [6, 6.07) is 30.1. The van der Waals surface area contributed by atoms with Crippen molar-refractivity contribution in [2.45, 2.75) is 13.5 Å². The second-order valence-electron chi connectivity index (χ2n) is 7.84. The number of nitrogens with one attached hydrogen (secondary N) is 1. The smallest absolute Gasteiger partial charge is 0.161 e. The summed E-state index contributed by atoms with van der Waals surface area (Å²) in [6.07, 6.45) is 1.80.